The molecule has 0 saturated carbocycles. The Bertz CT molecular complexity index is 757. The number of carbonyl (C=O) groups excluding carboxylic acids is 1. The third kappa shape index (κ3) is 4.12. The second-order valence-corrected chi connectivity index (χ2v) is 7.56. The van der Waals surface area contributed by atoms with E-state index in [9.17, 15) is 4.79 Å². The van der Waals surface area contributed by atoms with Crippen molar-refractivity contribution in [1.29, 1.82) is 0 Å². The Morgan fingerprint density at radius 2 is 2.12 bits per heavy atom. The first-order chi connectivity index (χ1) is 12.1. The maximum absolute atomic E-state index is 12.5. The standard InChI is InChI=1S/C19H24N2O3S/c1-12-21-15-6-5-14(11-18(15)25-12)19(22)20-9-8-13-4-7-16(23-2)17(10-13)24-3/h4,7,10,14H,5-6,8-9,11H2,1-3H3,(H,20,22). The van der Waals surface area contributed by atoms with Gasteiger partial charge in [0, 0.05) is 17.3 Å². The highest BCUT2D eigenvalue weighted by atomic mass is 32.1. The first-order valence-corrected chi connectivity index (χ1v) is 9.36. The van der Waals surface area contributed by atoms with Crippen molar-refractivity contribution < 1.29 is 14.3 Å². The molecule has 1 unspecified atom stereocenters. The van der Waals surface area contributed by atoms with Gasteiger partial charge in [-0.1, -0.05) is 6.07 Å². The van der Waals surface area contributed by atoms with E-state index < -0.39 is 0 Å². The summed E-state index contributed by atoms with van der Waals surface area (Å²) >= 11 is 1.72. The van der Waals surface area contributed by atoms with E-state index in [4.69, 9.17) is 9.47 Å². The Morgan fingerprint density at radius 1 is 1.32 bits per heavy atom. The number of aromatic nitrogens is 1. The number of aryl methyl sites for hydroxylation is 2. The quantitative estimate of drug-likeness (QED) is 0.860. The SMILES string of the molecule is COc1ccc(CCNC(=O)C2CCc3nc(C)sc3C2)cc1OC. The minimum Gasteiger partial charge on any atom is -0.493 e. The highest BCUT2D eigenvalue weighted by molar-refractivity contribution is 7.11. The number of ether oxygens (including phenoxy) is 2. The Balaban J connectivity index is 1.51. The van der Waals surface area contributed by atoms with Crippen molar-refractivity contribution >= 4 is 17.2 Å². The van der Waals surface area contributed by atoms with Crippen LogP contribution >= 0.6 is 11.3 Å². The van der Waals surface area contributed by atoms with Crippen LogP contribution in [0.15, 0.2) is 18.2 Å². The molecule has 6 heteroatoms. The molecule has 0 fully saturated rings. The topological polar surface area (TPSA) is 60.5 Å². The molecular weight excluding hydrogens is 336 g/mol. The Hall–Kier alpha value is -2.08. The lowest BCUT2D eigenvalue weighted by Crippen LogP contribution is -2.35. The predicted octanol–water partition coefficient (Wildman–Crippen LogP) is 2.93. The van der Waals surface area contributed by atoms with Gasteiger partial charge in [-0.05, 0) is 50.3 Å². The number of carbonyl (C=O) groups is 1. The van der Waals surface area contributed by atoms with Gasteiger partial charge in [-0.15, -0.1) is 11.3 Å². The second kappa shape index (κ2) is 7.87. The van der Waals surface area contributed by atoms with Gasteiger partial charge in [0.05, 0.1) is 24.9 Å². The van der Waals surface area contributed by atoms with Crippen LogP contribution in [0.4, 0.5) is 0 Å². The number of amides is 1. The lowest BCUT2D eigenvalue weighted by atomic mass is 9.90. The summed E-state index contributed by atoms with van der Waals surface area (Å²) in [4.78, 5) is 18.3. The number of thiazole rings is 1. The molecule has 134 valence electrons. The molecule has 1 aliphatic rings. The molecule has 0 radical (unpaired) electrons. The molecule has 1 atom stereocenters. The minimum atomic E-state index is 0.0674. The molecular formula is C19H24N2O3S. The fourth-order valence-electron chi connectivity index (χ4n) is 3.24. The van der Waals surface area contributed by atoms with E-state index in [2.05, 4.69) is 10.3 Å². The normalized spacial score (nSPS) is 16.2. The molecule has 1 heterocycles. The fraction of sp³-hybridized carbons (Fsp3) is 0.474. The van der Waals surface area contributed by atoms with E-state index >= 15 is 0 Å². The summed E-state index contributed by atoms with van der Waals surface area (Å²) < 4.78 is 10.6. The molecule has 1 aromatic carbocycles. The predicted molar refractivity (Wildman–Crippen MR) is 98.6 cm³/mol. The van der Waals surface area contributed by atoms with E-state index in [0.29, 0.717) is 18.0 Å². The highest BCUT2D eigenvalue weighted by Gasteiger charge is 2.26. The first kappa shape index (κ1) is 17.7. The summed E-state index contributed by atoms with van der Waals surface area (Å²) in [6, 6.07) is 5.85. The van der Waals surface area contributed by atoms with E-state index in [1.54, 1.807) is 25.6 Å². The second-order valence-electron chi connectivity index (χ2n) is 6.27. The van der Waals surface area contributed by atoms with E-state index in [1.807, 2.05) is 25.1 Å². The smallest absolute Gasteiger partial charge is 0.223 e. The van der Waals surface area contributed by atoms with E-state index in [1.165, 1.54) is 10.6 Å². The number of rotatable bonds is 6. The Labute approximate surface area is 152 Å². The van der Waals surface area contributed by atoms with Gasteiger partial charge in [0.25, 0.3) is 0 Å². The van der Waals surface area contributed by atoms with Gasteiger partial charge in [-0.25, -0.2) is 4.98 Å². The van der Waals surface area contributed by atoms with Gasteiger partial charge in [-0.3, -0.25) is 4.79 Å². The molecule has 1 aliphatic carbocycles. The van der Waals surface area contributed by atoms with Crippen LogP contribution in [0.3, 0.4) is 0 Å². The van der Waals surface area contributed by atoms with Crippen molar-refractivity contribution in [3.05, 3.63) is 39.3 Å². The summed E-state index contributed by atoms with van der Waals surface area (Å²) in [5, 5.41) is 4.17. The minimum absolute atomic E-state index is 0.0674. The Kier molecular flexibility index (Phi) is 5.58. The largest absolute Gasteiger partial charge is 0.493 e. The first-order valence-electron chi connectivity index (χ1n) is 8.54. The lowest BCUT2D eigenvalue weighted by molar-refractivity contribution is -0.125. The summed E-state index contributed by atoms with van der Waals surface area (Å²) in [7, 11) is 3.25. The summed E-state index contributed by atoms with van der Waals surface area (Å²) in [6.07, 6.45) is 3.39. The van der Waals surface area contributed by atoms with Gasteiger partial charge >= 0.3 is 0 Å². The molecule has 1 aromatic heterocycles. The van der Waals surface area contributed by atoms with E-state index in [-0.39, 0.29) is 11.8 Å². The molecule has 0 spiro atoms. The molecule has 25 heavy (non-hydrogen) atoms. The van der Waals surface area contributed by atoms with Crippen molar-refractivity contribution in [3.8, 4) is 11.5 Å². The third-order valence-electron chi connectivity index (χ3n) is 4.58. The number of nitrogens with one attached hydrogen (secondary N) is 1. The van der Waals surface area contributed by atoms with Crippen LogP contribution in [0.1, 0.15) is 27.6 Å². The van der Waals surface area contributed by atoms with Gasteiger partial charge in [0.2, 0.25) is 5.91 Å². The molecule has 0 bridgehead atoms. The van der Waals surface area contributed by atoms with Gasteiger partial charge in [0.1, 0.15) is 0 Å². The molecule has 5 nitrogen and oxygen atoms in total. The summed E-state index contributed by atoms with van der Waals surface area (Å²) in [6.45, 7) is 2.65. The molecule has 2 aromatic rings. The molecule has 1 amide bonds. The lowest BCUT2D eigenvalue weighted by Gasteiger charge is -2.20. The van der Waals surface area contributed by atoms with Crippen LogP contribution in [0.5, 0.6) is 11.5 Å². The van der Waals surface area contributed by atoms with Gasteiger partial charge in [-0.2, -0.15) is 0 Å². The van der Waals surface area contributed by atoms with Crippen molar-refractivity contribution in [2.24, 2.45) is 5.92 Å². The highest BCUT2D eigenvalue weighted by Crippen LogP contribution is 2.30. The summed E-state index contributed by atoms with van der Waals surface area (Å²) in [5.74, 6) is 1.65. The summed E-state index contributed by atoms with van der Waals surface area (Å²) in [5.41, 5.74) is 2.30. The number of fused-ring (bicyclic) bond motifs is 1. The van der Waals surface area contributed by atoms with Crippen LogP contribution in [0, 0.1) is 12.8 Å². The van der Waals surface area contributed by atoms with Crippen LogP contribution in [-0.4, -0.2) is 31.7 Å². The zero-order valence-electron chi connectivity index (χ0n) is 14.9. The van der Waals surface area contributed by atoms with Crippen molar-refractivity contribution in [1.82, 2.24) is 10.3 Å². The average Bonchev–Trinajstić information content (AvgIpc) is 3.00. The van der Waals surface area contributed by atoms with Gasteiger partial charge < -0.3 is 14.8 Å². The molecule has 0 saturated heterocycles. The average molecular weight is 360 g/mol. The molecule has 1 N–H and O–H groups in total. The van der Waals surface area contributed by atoms with Crippen molar-refractivity contribution in [2.45, 2.75) is 32.6 Å². The van der Waals surface area contributed by atoms with Crippen LogP contribution in [0.2, 0.25) is 0 Å². The monoisotopic (exact) mass is 360 g/mol. The fourth-order valence-corrected chi connectivity index (χ4v) is 4.30. The van der Waals surface area contributed by atoms with Crippen molar-refractivity contribution in [2.75, 3.05) is 20.8 Å². The number of nitrogens with zero attached hydrogens (tertiary/aromatic N) is 1. The number of hydrogen-bond acceptors (Lipinski definition) is 5. The third-order valence-corrected chi connectivity index (χ3v) is 5.61. The number of methoxy groups -OCH3 is 2. The maximum Gasteiger partial charge on any atom is 0.223 e. The van der Waals surface area contributed by atoms with Crippen LogP contribution in [0.25, 0.3) is 0 Å². The number of benzene rings is 1. The van der Waals surface area contributed by atoms with Crippen LogP contribution < -0.4 is 14.8 Å². The molecule has 0 aliphatic heterocycles. The maximum atomic E-state index is 12.5. The number of hydrogen-bond donors (Lipinski definition) is 1. The zero-order valence-corrected chi connectivity index (χ0v) is 15.7. The van der Waals surface area contributed by atoms with Crippen LogP contribution in [-0.2, 0) is 24.1 Å². The van der Waals surface area contributed by atoms with Crippen molar-refractivity contribution in [3.63, 3.8) is 0 Å². The Morgan fingerprint density at radius 3 is 2.88 bits per heavy atom. The van der Waals surface area contributed by atoms with Gasteiger partial charge in [0.15, 0.2) is 11.5 Å². The zero-order chi connectivity index (χ0) is 17.8. The molecule has 3 rings (SSSR count). The van der Waals surface area contributed by atoms with E-state index in [0.717, 1.165) is 36.3 Å².